The van der Waals surface area contributed by atoms with Gasteiger partial charge in [0.1, 0.15) is 12.0 Å². The van der Waals surface area contributed by atoms with Crippen LogP contribution in [-0.4, -0.2) is 19.1 Å². The van der Waals surface area contributed by atoms with Gasteiger partial charge in [-0.3, -0.25) is 0 Å². The number of rotatable bonds is 3. The maximum Gasteiger partial charge on any atom is 0.231 e. The maximum absolute atomic E-state index is 11.3. The van der Waals surface area contributed by atoms with E-state index >= 15 is 0 Å². The van der Waals surface area contributed by atoms with Gasteiger partial charge in [0.05, 0.1) is 7.11 Å². The second kappa shape index (κ2) is 5.24. The molecule has 0 N–H and O–H groups in total. The Morgan fingerprint density at radius 1 is 1.09 bits per heavy atom. The van der Waals surface area contributed by atoms with Crippen LogP contribution in [0.4, 0.5) is 0 Å². The van der Waals surface area contributed by atoms with E-state index in [1.54, 1.807) is 25.5 Å². The molecule has 0 aliphatic carbocycles. The summed E-state index contributed by atoms with van der Waals surface area (Å²) < 4.78 is 21.3. The van der Waals surface area contributed by atoms with Gasteiger partial charge in [-0.2, -0.15) is 0 Å². The first-order valence-electron chi connectivity index (χ1n) is 6.96. The SMILES string of the molecule is COc1cc(-c2nocc2-c2ccc([O-])cc2)cc2c1OCO2. The number of benzene rings is 2. The van der Waals surface area contributed by atoms with Gasteiger partial charge in [0.25, 0.3) is 0 Å². The minimum absolute atomic E-state index is 0.0449. The summed E-state index contributed by atoms with van der Waals surface area (Å²) in [5.41, 5.74) is 3.05. The van der Waals surface area contributed by atoms with Crippen molar-refractivity contribution >= 4 is 0 Å². The predicted molar refractivity (Wildman–Crippen MR) is 79.5 cm³/mol. The zero-order chi connectivity index (χ0) is 15.8. The zero-order valence-electron chi connectivity index (χ0n) is 12.2. The fraction of sp³-hybridized carbons (Fsp3) is 0.118. The van der Waals surface area contributed by atoms with Crippen LogP contribution in [0.3, 0.4) is 0 Å². The molecular formula is C17H12NO5-. The lowest BCUT2D eigenvalue weighted by Gasteiger charge is -2.09. The smallest absolute Gasteiger partial charge is 0.231 e. The summed E-state index contributed by atoms with van der Waals surface area (Å²) >= 11 is 0. The van der Waals surface area contributed by atoms with Gasteiger partial charge in [0.15, 0.2) is 11.5 Å². The first-order valence-corrected chi connectivity index (χ1v) is 6.96. The average Bonchev–Trinajstić information content (AvgIpc) is 3.23. The highest BCUT2D eigenvalue weighted by Gasteiger charge is 2.23. The minimum Gasteiger partial charge on any atom is -0.872 e. The molecule has 3 aromatic rings. The third kappa shape index (κ3) is 2.24. The summed E-state index contributed by atoms with van der Waals surface area (Å²) in [7, 11) is 1.57. The number of hydrogen-bond donors (Lipinski definition) is 0. The maximum atomic E-state index is 11.3. The van der Waals surface area contributed by atoms with Crippen molar-refractivity contribution < 1.29 is 23.8 Å². The Kier molecular flexibility index (Phi) is 3.08. The van der Waals surface area contributed by atoms with E-state index < -0.39 is 0 Å². The van der Waals surface area contributed by atoms with Crippen molar-refractivity contribution in [2.75, 3.05) is 13.9 Å². The highest BCUT2D eigenvalue weighted by atomic mass is 16.7. The molecule has 0 atom stereocenters. The molecule has 0 unspecified atom stereocenters. The van der Waals surface area contributed by atoms with E-state index in [9.17, 15) is 5.11 Å². The molecule has 2 heterocycles. The van der Waals surface area contributed by atoms with Gasteiger partial charge in [-0.05, 0) is 17.7 Å². The summed E-state index contributed by atoms with van der Waals surface area (Å²) in [6.07, 6.45) is 1.55. The quantitative estimate of drug-likeness (QED) is 0.740. The summed E-state index contributed by atoms with van der Waals surface area (Å²) in [4.78, 5) is 0. The van der Waals surface area contributed by atoms with Gasteiger partial charge in [0, 0.05) is 11.1 Å². The zero-order valence-corrected chi connectivity index (χ0v) is 12.2. The van der Waals surface area contributed by atoms with E-state index in [0.717, 1.165) is 16.7 Å². The fourth-order valence-corrected chi connectivity index (χ4v) is 2.55. The molecule has 6 nitrogen and oxygen atoms in total. The summed E-state index contributed by atoms with van der Waals surface area (Å²) in [5, 5.41) is 15.4. The number of fused-ring (bicyclic) bond motifs is 1. The van der Waals surface area contributed by atoms with Crippen LogP contribution in [0.15, 0.2) is 47.2 Å². The van der Waals surface area contributed by atoms with Crippen molar-refractivity contribution in [3.63, 3.8) is 0 Å². The Balaban J connectivity index is 1.83. The van der Waals surface area contributed by atoms with Crippen LogP contribution in [0.2, 0.25) is 0 Å². The highest BCUT2D eigenvalue weighted by molar-refractivity contribution is 5.82. The molecule has 0 bridgehead atoms. The lowest BCUT2D eigenvalue weighted by atomic mass is 10.0. The van der Waals surface area contributed by atoms with Crippen molar-refractivity contribution in [2.45, 2.75) is 0 Å². The normalized spacial score (nSPS) is 12.4. The summed E-state index contributed by atoms with van der Waals surface area (Å²) in [6, 6.07) is 10.1. The number of nitrogens with zero attached hydrogens (tertiary/aromatic N) is 1. The van der Waals surface area contributed by atoms with Crippen LogP contribution in [0, 0.1) is 0 Å². The molecule has 1 aliphatic heterocycles. The van der Waals surface area contributed by atoms with Crippen molar-refractivity contribution in [2.24, 2.45) is 0 Å². The molecule has 23 heavy (non-hydrogen) atoms. The Morgan fingerprint density at radius 2 is 1.91 bits per heavy atom. The second-order valence-electron chi connectivity index (χ2n) is 5.01. The van der Waals surface area contributed by atoms with Crippen molar-refractivity contribution in [1.29, 1.82) is 0 Å². The first-order chi connectivity index (χ1) is 11.3. The first kappa shape index (κ1) is 13.5. The second-order valence-corrected chi connectivity index (χ2v) is 5.01. The summed E-state index contributed by atoms with van der Waals surface area (Å²) in [6.45, 7) is 0.159. The van der Waals surface area contributed by atoms with E-state index in [-0.39, 0.29) is 12.5 Å². The molecule has 0 saturated carbocycles. The Labute approximate surface area is 131 Å². The van der Waals surface area contributed by atoms with Gasteiger partial charge in [-0.15, -0.1) is 5.75 Å². The van der Waals surface area contributed by atoms with Gasteiger partial charge in [-0.25, -0.2) is 0 Å². The van der Waals surface area contributed by atoms with Crippen molar-refractivity contribution in [3.05, 3.63) is 42.7 Å². The lowest BCUT2D eigenvalue weighted by molar-refractivity contribution is -0.268. The largest absolute Gasteiger partial charge is 0.872 e. The molecule has 4 rings (SSSR count). The van der Waals surface area contributed by atoms with Crippen LogP contribution in [0.25, 0.3) is 22.4 Å². The molecule has 0 spiro atoms. The highest BCUT2D eigenvalue weighted by Crippen LogP contribution is 2.45. The third-order valence-corrected chi connectivity index (χ3v) is 3.67. The Bertz CT molecular complexity index is 854. The molecule has 116 valence electrons. The topological polar surface area (TPSA) is 76.8 Å². The van der Waals surface area contributed by atoms with E-state index in [2.05, 4.69) is 5.16 Å². The van der Waals surface area contributed by atoms with E-state index in [0.29, 0.717) is 22.9 Å². The van der Waals surface area contributed by atoms with E-state index in [1.807, 2.05) is 12.1 Å². The van der Waals surface area contributed by atoms with Crippen molar-refractivity contribution in [3.8, 4) is 45.4 Å². The number of ether oxygens (including phenoxy) is 3. The van der Waals surface area contributed by atoms with Gasteiger partial charge in [-0.1, -0.05) is 29.4 Å². The Hall–Kier alpha value is -3.15. The lowest BCUT2D eigenvalue weighted by Crippen LogP contribution is -1.93. The van der Waals surface area contributed by atoms with Gasteiger partial charge < -0.3 is 23.8 Å². The number of hydrogen-bond acceptors (Lipinski definition) is 6. The van der Waals surface area contributed by atoms with Gasteiger partial charge >= 0.3 is 0 Å². The molecule has 6 heteroatoms. The number of methoxy groups -OCH3 is 1. The molecule has 1 aromatic heterocycles. The van der Waals surface area contributed by atoms with E-state index in [4.69, 9.17) is 18.7 Å². The predicted octanol–water partition coefficient (Wildman–Crippen LogP) is 2.82. The van der Waals surface area contributed by atoms with E-state index in [1.165, 1.54) is 12.1 Å². The average molecular weight is 310 g/mol. The third-order valence-electron chi connectivity index (χ3n) is 3.67. The number of aromatic nitrogens is 1. The Morgan fingerprint density at radius 3 is 2.70 bits per heavy atom. The van der Waals surface area contributed by atoms with Crippen LogP contribution >= 0.6 is 0 Å². The fourth-order valence-electron chi connectivity index (χ4n) is 2.55. The molecule has 2 aromatic carbocycles. The van der Waals surface area contributed by atoms with Crippen LogP contribution in [0.5, 0.6) is 23.0 Å². The molecule has 0 fully saturated rings. The van der Waals surface area contributed by atoms with Crippen LogP contribution in [0.1, 0.15) is 0 Å². The molecule has 0 saturated heterocycles. The summed E-state index contributed by atoms with van der Waals surface area (Å²) in [5.74, 6) is 1.70. The molecule has 0 amide bonds. The van der Waals surface area contributed by atoms with Crippen molar-refractivity contribution in [1.82, 2.24) is 5.16 Å². The molecular weight excluding hydrogens is 298 g/mol. The molecule has 1 aliphatic rings. The van der Waals surface area contributed by atoms with Gasteiger partial charge in [0.2, 0.25) is 12.5 Å². The van der Waals surface area contributed by atoms with Crippen LogP contribution in [-0.2, 0) is 0 Å². The minimum atomic E-state index is -0.0449. The molecule has 0 radical (unpaired) electrons. The van der Waals surface area contributed by atoms with Crippen LogP contribution < -0.4 is 19.3 Å². The monoisotopic (exact) mass is 310 g/mol. The standard InChI is InChI=1S/C17H13NO5/c1-20-14-6-11(7-15-17(14)22-9-21-15)16-13(8-23-18-16)10-2-4-12(19)5-3-10/h2-8,19H,9H2,1H3/p-1.